The second-order valence-corrected chi connectivity index (χ2v) is 8.12. The molecule has 0 fully saturated rings. The summed E-state index contributed by atoms with van der Waals surface area (Å²) in [7, 11) is 0. The van der Waals surface area contributed by atoms with Crippen LogP contribution in [0.3, 0.4) is 0 Å². The molecule has 0 unspecified atom stereocenters. The first-order valence-corrected chi connectivity index (χ1v) is 10.7. The molecule has 0 saturated heterocycles. The molecule has 7 nitrogen and oxygen atoms in total. The Balaban J connectivity index is 1.37. The van der Waals surface area contributed by atoms with Crippen molar-refractivity contribution in [2.75, 3.05) is 5.73 Å². The van der Waals surface area contributed by atoms with Crippen molar-refractivity contribution in [3.63, 3.8) is 0 Å². The molecule has 3 aromatic heterocycles. The van der Waals surface area contributed by atoms with E-state index < -0.39 is 0 Å². The summed E-state index contributed by atoms with van der Waals surface area (Å²) < 4.78 is 17.3. The van der Waals surface area contributed by atoms with Crippen LogP contribution < -0.4 is 5.73 Å². The quantitative estimate of drug-likeness (QED) is 0.393. The van der Waals surface area contributed by atoms with E-state index in [4.69, 9.17) is 5.73 Å². The molecule has 0 aliphatic heterocycles. The van der Waals surface area contributed by atoms with E-state index in [1.54, 1.807) is 30.5 Å². The van der Waals surface area contributed by atoms with Crippen LogP contribution in [-0.4, -0.2) is 30.2 Å². The fourth-order valence-electron chi connectivity index (χ4n) is 4.29. The molecule has 0 aliphatic carbocycles. The number of benzene rings is 3. The number of hydrogen-bond donors (Lipinski definition) is 2. The Labute approximate surface area is 193 Å². The van der Waals surface area contributed by atoms with Crippen LogP contribution in [0.5, 0.6) is 0 Å². The van der Waals surface area contributed by atoms with Gasteiger partial charge in [0.15, 0.2) is 0 Å². The number of nitrogens with two attached hydrogens (primary N) is 1. The van der Waals surface area contributed by atoms with Crippen molar-refractivity contribution < 1.29 is 9.18 Å². The SMILES string of the molecule is Cc1nc2cc(-n3ncc(C(=O)n4ccc5cc(-c6ccccc6F)ccc54)c3N)ccc2[nH]1. The molecule has 6 rings (SSSR count). The van der Waals surface area contributed by atoms with Crippen molar-refractivity contribution in [3.05, 3.63) is 96.3 Å². The van der Waals surface area contributed by atoms with Gasteiger partial charge in [-0.15, -0.1) is 0 Å². The zero-order valence-electron chi connectivity index (χ0n) is 18.2. The van der Waals surface area contributed by atoms with Gasteiger partial charge in [-0.2, -0.15) is 5.10 Å². The molecule has 3 aromatic carbocycles. The normalized spacial score (nSPS) is 11.5. The highest BCUT2D eigenvalue weighted by molar-refractivity contribution is 6.05. The highest BCUT2D eigenvalue weighted by Crippen LogP contribution is 2.28. The average Bonchev–Trinajstić information content (AvgIpc) is 3.53. The molecule has 0 aliphatic rings. The van der Waals surface area contributed by atoms with E-state index in [1.807, 2.05) is 43.3 Å². The zero-order valence-corrected chi connectivity index (χ0v) is 18.2. The number of nitrogens with one attached hydrogen (secondary N) is 1. The number of aryl methyl sites for hydroxylation is 1. The van der Waals surface area contributed by atoms with E-state index in [-0.39, 0.29) is 23.1 Å². The maximum atomic E-state index is 14.2. The molecule has 34 heavy (non-hydrogen) atoms. The van der Waals surface area contributed by atoms with Gasteiger partial charge in [0, 0.05) is 17.1 Å². The second-order valence-electron chi connectivity index (χ2n) is 8.12. The molecule has 3 heterocycles. The van der Waals surface area contributed by atoms with Crippen LogP contribution in [0.15, 0.2) is 79.1 Å². The maximum absolute atomic E-state index is 14.2. The minimum atomic E-state index is -0.297. The fourth-order valence-corrected chi connectivity index (χ4v) is 4.29. The molecule has 3 N–H and O–H groups in total. The van der Waals surface area contributed by atoms with Crippen LogP contribution in [0.1, 0.15) is 16.2 Å². The van der Waals surface area contributed by atoms with E-state index in [1.165, 1.54) is 21.5 Å². The van der Waals surface area contributed by atoms with E-state index in [0.29, 0.717) is 16.8 Å². The summed E-state index contributed by atoms with van der Waals surface area (Å²) in [6, 6.07) is 19.6. The molecule has 8 heteroatoms. The summed E-state index contributed by atoms with van der Waals surface area (Å²) in [5, 5.41) is 5.17. The summed E-state index contributed by atoms with van der Waals surface area (Å²) in [6.07, 6.45) is 3.16. The van der Waals surface area contributed by atoms with Crippen LogP contribution >= 0.6 is 0 Å². The number of halogens is 1. The number of hydrogen-bond acceptors (Lipinski definition) is 4. The Morgan fingerprint density at radius 3 is 2.76 bits per heavy atom. The van der Waals surface area contributed by atoms with Gasteiger partial charge in [0.1, 0.15) is 23.0 Å². The molecule has 0 atom stereocenters. The Morgan fingerprint density at radius 1 is 1.06 bits per heavy atom. The van der Waals surface area contributed by atoms with Gasteiger partial charge < -0.3 is 10.7 Å². The summed E-state index contributed by atoms with van der Waals surface area (Å²) in [5.41, 5.74) is 11.0. The summed E-state index contributed by atoms with van der Waals surface area (Å²) >= 11 is 0. The Hall–Kier alpha value is -4.72. The van der Waals surface area contributed by atoms with Gasteiger partial charge in [-0.05, 0) is 55.0 Å². The van der Waals surface area contributed by atoms with Gasteiger partial charge in [0.25, 0.3) is 5.91 Å². The second kappa shape index (κ2) is 7.41. The van der Waals surface area contributed by atoms with E-state index in [2.05, 4.69) is 15.1 Å². The lowest BCUT2D eigenvalue weighted by Crippen LogP contribution is -2.13. The van der Waals surface area contributed by atoms with Crippen LogP contribution in [0, 0.1) is 12.7 Å². The Kier molecular flexibility index (Phi) is 4.35. The first-order valence-electron chi connectivity index (χ1n) is 10.7. The first-order chi connectivity index (χ1) is 16.5. The predicted molar refractivity (Wildman–Crippen MR) is 129 cm³/mol. The number of nitrogens with zero attached hydrogens (tertiary/aromatic N) is 4. The van der Waals surface area contributed by atoms with E-state index in [0.717, 1.165) is 27.8 Å². The number of carbonyl (C=O) groups is 1. The van der Waals surface area contributed by atoms with Crippen LogP contribution in [-0.2, 0) is 0 Å². The number of imidazole rings is 1. The predicted octanol–water partition coefficient (Wildman–Crippen LogP) is 5.09. The van der Waals surface area contributed by atoms with Crippen molar-refractivity contribution in [1.82, 2.24) is 24.3 Å². The molecule has 0 spiro atoms. The van der Waals surface area contributed by atoms with Crippen molar-refractivity contribution in [2.24, 2.45) is 0 Å². The average molecular weight is 450 g/mol. The van der Waals surface area contributed by atoms with Crippen molar-refractivity contribution in [2.45, 2.75) is 6.92 Å². The van der Waals surface area contributed by atoms with Gasteiger partial charge in [0.2, 0.25) is 0 Å². The number of fused-ring (bicyclic) bond motifs is 2. The molecule has 0 amide bonds. The number of rotatable bonds is 3. The molecular formula is C26H19FN6O. The molecule has 0 bridgehead atoms. The van der Waals surface area contributed by atoms with Gasteiger partial charge in [-0.25, -0.2) is 14.1 Å². The van der Waals surface area contributed by atoms with Crippen LogP contribution in [0.2, 0.25) is 0 Å². The van der Waals surface area contributed by atoms with E-state index >= 15 is 0 Å². The van der Waals surface area contributed by atoms with E-state index in [9.17, 15) is 9.18 Å². The smallest absolute Gasteiger partial charge is 0.267 e. The fraction of sp³-hybridized carbons (Fsp3) is 0.0385. The standard InChI is InChI=1S/C26H19FN6O/c1-15-30-22-8-7-18(13-23(22)31-15)33-25(28)20(14-29-33)26(34)32-11-10-17-12-16(6-9-24(17)32)19-4-2-3-5-21(19)27/h2-14H,28H2,1H3,(H,30,31). The molecule has 166 valence electrons. The van der Waals surface area contributed by atoms with Gasteiger partial charge in [-0.1, -0.05) is 24.3 Å². The van der Waals surface area contributed by atoms with Crippen molar-refractivity contribution >= 4 is 33.7 Å². The minimum absolute atomic E-state index is 0.237. The third kappa shape index (κ3) is 3.07. The molecular weight excluding hydrogens is 431 g/mol. The molecule has 0 saturated carbocycles. The highest BCUT2D eigenvalue weighted by atomic mass is 19.1. The lowest BCUT2D eigenvalue weighted by atomic mass is 10.0. The topological polar surface area (TPSA) is 94.5 Å². The Bertz CT molecular complexity index is 1720. The number of anilines is 1. The number of aromatic amines is 1. The lowest BCUT2D eigenvalue weighted by molar-refractivity contribution is 0.0966. The number of H-pyrrole nitrogens is 1. The number of nitrogen functional groups attached to an aromatic ring is 1. The minimum Gasteiger partial charge on any atom is -0.383 e. The van der Waals surface area contributed by atoms with Crippen molar-refractivity contribution in [1.29, 1.82) is 0 Å². The summed E-state index contributed by atoms with van der Waals surface area (Å²) in [6.45, 7) is 1.89. The Morgan fingerprint density at radius 2 is 1.91 bits per heavy atom. The van der Waals surface area contributed by atoms with Gasteiger partial charge in [0.05, 0.1) is 28.4 Å². The van der Waals surface area contributed by atoms with Gasteiger partial charge >= 0.3 is 0 Å². The van der Waals surface area contributed by atoms with Crippen molar-refractivity contribution in [3.8, 4) is 16.8 Å². The zero-order chi connectivity index (χ0) is 23.4. The lowest BCUT2D eigenvalue weighted by Gasteiger charge is -2.07. The monoisotopic (exact) mass is 450 g/mol. The van der Waals surface area contributed by atoms with Crippen LogP contribution in [0.4, 0.5) is 10.2 Å². The molecule has 0 radical (unpaired) electrons. The number of carbonyl (C=O) groups excluding carboxylic acids is 1. The number of aromatic nitrogens is 5. The largest absolute Gasteiger partial charge is 0.383 e. The molecule has 6 aromatic rings. The third-order valence-corrected chi connectivity index (χ3v) is 5.96. The first kappa shape index (κ1) is 19.9. The maximum Gasteiger partial charge on any atom is 0.267 e. The summed E-state index contributed by atoms with van der Waals surface area (Å²) in [4.78, 5) is 21.0. The summed E-state index contributed by atoms with van der Waals surface area (Å²) in [5.74, 6) is 0.463. The van der Waals surface area contributed by atoms with Gasteiger partial charge in [-0.3, -0.25) is 9.36 Å². The highest BCUT2D eigenvalue weighted by Gasteiger charge is 2.20. The third-order valence-electron chi connectivity index (χ3n) is 5.96. The van der Waals surface area contributed by atoms with Crippen LogP contribution in [0.25, 0.3) is 38.8 Å².